The minimum absolute atomic E-state index is 0.00132. The number of hydrogen-bond donors (Lipinski definition) is 1. The van der Waals surface area contributed by atoms with E-state index in [1.165, 1.54) is 23.1 Å². The number of hydrogen-bond acceptors (Lipinski definition) is 2. The average molecular weight is 286 g/mol. The minimum atomic E-state index is -1.29. The number of carboxylic acids is 1. The number of rotatable bonds is 4. The van der Waals surface area contributed by atoms with E-state index in [2.05, 4.69) is 0 Å². The van der Waals surface area contributed by atoms with Crippen LogP contribution in [0.4, 0.5) is 4.39 Å². The molecule has 0 bridgehead atoms. The fourth-order valence-electron chi connectivity index (χ4n) is 2.29. The van der Waals surface area contributed by atoms with Crippen LogP contribution in [0.1, 0.15) is 18.0 Å². The van der Waals surface area contributed by atoms with Crippen LogP contribution in [0.2, 0.25) is 0 Å². The molecule has 1 aliphatic rings. The molecule has 2 rings (SSSR count). The van der Waals surface area contributed by atoms with Crippen molar-refractivity contribution in [3.63, 3.8) is 0 Å². The van der Waals surface area contributed by atoms with E-state index in [0.29, 0.717) is 0 Å². The molecule has 2 atom stereocenters. The molecule has 102 valence electrons. The van der Waals surface area contributed by atoms with Crippen molar-refractivity contribution in [1.82, 2.24) is 4.90 Å². The summed E-state index contributed by atoms with van der Waals surface area (Å²) in [5.74, 6) is -1.97. The first-order valence-electron chi connectivity index (χ1n) is 5.87. The van der Waals surface area contributed by atoms with E-state index in [1.807, 2.05) is 0 Å². The van der Waals surface area contributed by atoms with Crippen LogP contribution in [-0.2, 0) is 9.59 Å². The molecule has 0 radical (unpaired) electrons. The van der Waals surface area contributed by atoms with Crippen molar-refractivity contribution in [2.45, 2.75) is 12.5 Å². The van der Waals surface area contributed by atoms with Crippen LogP contribution in [0, 0.1) is 11.7 Å². The van der Waals surface area contributed by atoms with Gasteiger partial charge < -0.3 is 10.0 Å². The maximum atomic E-state index is 13.7. The van der Waals surface area contributed by atoms with Gasteiger partial charge in [-0.1, -0.05) is 18.2 Å². The van der Waals surface area contributed by atoms with Gasteiger partial charge in [0, 0.05) is 24.4 Å². The van der Waals surface area contributed by atoms with Crippen molar-refractivity contribution in [1.29, 1.82) is 0 Å². The number of amides is 1. The van der Waals surface area contributed by atoms with Crippen LogP contribution in [0.15, 0.2) is 24.3 Å². The number of likely N-dealkylation sites (tertiary alicyclic amines) is 1. The van der Waals surface area contributed by atoms with E-state index in [9.17, 15) is 19.1 Å². The fourth-order valence-corrected chi connectivity index (χ4v) is 2.50. The van der Waals surface area contributed by atoms with E-state index in [0.717, 1.165) is 0 Å². The Bertz CT molecular complexity index is 508. The van der Waals surface area contributed by atoms with Gasteiger partial charge in [-0.05, 0) is 12.0 Å². The highest BCUT2D eigenvalue weighted by molar-refractivity contribution is 6.18. The van der Waals surface area contributed by atoms with Crippen molar-refractivity contribution >= 4 is 23.5 Å². The summed E-state index contributed by atoms with van der Waals surface area (Å²) in [6.07, 6.45) is 0.210. The van der Waals surface area contributed by atoms with E-state index in [4.69, 9.17) is 11.6 Å². The lowest BCUT2D eigenvalue weighted by Crippen LogP contribution is -2.36. The predicted molar refractivity (Wildman–Crippen MR) is 67.3 cm³/mol. The molecule has 0 spiro atoms. The first-order chi connectivity index (χ1) is 9.04. The predicted octanol–water partition coefficient (Wildman–Crippen LogP) is 2.04. The second-order valence-corrected chi connectivity index (χ2v) is 4.84. The molecule has 0 aliphatic carbocycles. The Morgan fingerprint density at radius 3 is 2.74 bits per heavy atom. The fraction of sp³-hybridized carbons (Fsp3) is 0.385. The topological polar surface area (TPSA) is 57.6 Å². The zero-order valence-corrected chi connectivity index (χ0v) is 10.8. The normalized spacial score (nSPS) is 20.6. The Hall–Kier alpha value is -1.62. The maximum absolute atomic E-state index is 13.7. The molecule has 0 aromatic heterocycles. The van der Waals surface area contributed by atoms with Crippen molar-refractivity contribution in [3.05, 3.63) is 35.6 Å². The van der Waals surface area contributed by atoms with Crippen molar-refractivity contribution in [3.8, 4) is 0 Å². The lowest BCUT2D eigenvalue weighted by atomic mass is 10.0. The Balaban J connectivity index is 2.35. The molecule has 1 heterocycles. The molecular weight excluding hydrogens is 273 g/mol. The molecule has 1 aliphatic heterocycles. The quantitative estimate of drug-likeness (QED) is 0.861. The molecule has 6 heteroatoms. The smallest absolute Gasteiger partial charge is 0.331 e. The van der Waals surface area contributed by atoms with Crippen LogP contribution in [0.3, 0.4) is 0 Å². The number of benzene rings is 1. The number of nitrogens with zero attached hydrogens (tertiary/aromatic N) is 1. The number of carbonyl (C=O) groups excluding carboxylic acids is 1. The first-order valence-corrected chi connectivity index (χ1v) is 6.40. The van der Waals surface area contributed by atoms with E-state index >= 15 is 0 Å². The summed E-state index contributed by atoms with van der Waals surface area (Å²) in [6.45, 7) is 0.244. The first kappa shape index (κ1) is 13.8. The molecular formula is C13H13ClFNO3. The lowest BCUT2D eigenvalue weighted by molar-refractivity contribution is -0.148. The minimum Gasteiger partial charge on any atom is -0.479 e. The molecule has 2 unspecified atom stereocenters. The molecule has 1 N–H and O–H groups in total. The van der Waals surface area contributed by atoms with Gasteiger partial charge >= 0.3 is 5.97 Å². The Morgan fingerprint density at radius 2 is 2.21 bits per heavy atom. The summed E-state index contributed by atoms with van der Waals surface area (Å²) in [4.78, 5) is 24.4. The Kier molecular flexibility index (Phi) is 4.04. The van der Waals surface area contributed by atoms with Crippen molar-refractivity contribution in [2.75, 3.05) is 12.4 Å². The highest BCUT2D eigenvalue weighted by Crippen LogP contribution is 2.30. The third-order valence-electron chi connectivity index (χ3n) is 3.20. The maximum Gasteiger partial charge on any atom is 0.331 e. The third-order valence-corrected chi connectivity index (χ3v) is 3.64. The van der Waals surface area contributed by atoms with Gasteiger partial charge in [0.05, 0.1) is 0 Å². The second-order valence-electron chi connectivity index (χ2n) is 4.53. The monoisotopic (exact) mass is 285 g/mol. The van der Waals surface area contributed by atoms with Gasteiger partial charge in [-0.3, -0.25) is 4.79 Å². The molecule has 4 nitrogen and oxygen atoms in total. The van der Waals surface area contributed by atoms with Gasteiger partial charge in [-0.2, -0.15) is 0 Å². The summed E-state index contributed by atoms with van der Waals surface area (Å²) in [5.41, 5.74) is -0.00132. The Morgan fingerprint density at radius 1 is 1.53 bits per heavy atom. The third kappa shape index (κ3) is 2.71. The van der Waals surface area contributed by atoms with E-state index in [1.54, 1.807) is 6.07 Å². The molecule has 0 saturated carbocycles. The standard InChI is InChI=1S/C13H13ClFNO3/c14-6-8-5-11(17)16(7-8)12(13(18)19)9-3-1-2-4-10(9)15/h1-4,8,12H,5-7H2,(H,18,19). The largest absolute Gasteiger partial charge is 0.479 e. The van der Waals surface area contributed by atoms with Gasteiger partial charge in [0.25, 0.3) is 0 Å². The van der Waals surface area contributed by atoms with Crippen LogP contribution in [-0.4, -0.2) is 34.3 Å². The Labute approximate surface area is 114 Å². The SMILES string of the molecule is O=C(O)C(c1ccccc1F)N1CC(CCl)CC1=O. The lowest BCUT2D eigenvalue weighted by Gasteiger charge is -2.25. The van der Waals surface area contributed by atoms with Crippen LogP contribution in [0.25, 0.3) is 0 Å². The van der Waals surface area contributed by atoms with E-state index < -0.39 is 17.8 Å². The average Bonchev–Trinajstić information content (AvgIpc) is 2.73. The highest BCUT2D eigenvalue weighted by Gasteiger charge is 2.39. The summed E-state index contributed by atoms with van der Waals surface area (Å²) in [6, 6.07) is 4.31. The molecule has 1 aromatic rings. The van der Waals surface area contributed by atoms with Gasteiger partial charge in [-0.15, -0.1) is 11.6 Å². The summed E-state index contributed by atoms with van der Waals surface area (Å²) in [5, 5.41) is 9.29. The number of aliphatic carboxylic acids is 1. The number of carbonyl (C=O) groups is 2. The van der Waals surface area contributed by atoms with Gasteiger partial charge in [0.2, 0.25) is 5.91 Å². The second kappa shape index (κ2) is 5.57. The van der Waals surface area contributed by atoms with Crippen LogP contribution in [0.5, 0.6) is 0 Å². The zero-order chi connectivity index (χ0) is 14.0. The van der Waals surface area contributed by atoms with Gasteiger partial charge in [-0.25, -0.2) is 9.18 Å². The van der Waals surface area contributed by atoms with Crippen molar-refractivity contribution in [2.24, 2.45) is 5.92 Å². The summed E-state index contributed by atoms with van der Waals surface area (Å²) in [7, 11) is 0. The molecule has 19 heavy (non-hydrogen) atoms. The van der Waals surface area contributed by atoms with Crippen LogP contribution >= 0.6 is 11.6 Å². The molecule has 1 amide bonds. The van der Waals surface area contributed by atoms with Gasteiger partial charge in [0.1, 0.15) is 5.82 Å². The van der Waals surface area contributed by atoms with Crippen molar-refractivity contribution < 1.29 is 19.1 Å². The number of carboxylic acid groups (broad SMARTS) is 1. The van der Waals surface area contributed by atoms with Gasteiger partial charge in [0.15, 0.2) is 6.04 Å². The summed E-state index contributed by atoms with van der Waals surface area (Å²) >= 11 is 5.70. The van der Waals surface area contributed by atoms with E-state index in [-0.39, 0.29) is 36.2 Å². The molecule has 1 aromatic carbocycles. The molecule has 1 fully saturated rings. The summed E-state index contributed by atoms with van der Waals surface area (Å²) < 4.78 is 13.7. The highest BCUT2D eigenvalue weighted by atomic mass is 35.5. The zero-order valence-electron chi connectivity index (χ0n) is 10.1. The number of alkyl halides is 1. The molecule has 1 saturated heterocycles. The van der Waals surface area contributed by atoms with Crippen LogP contribution < -0.4 is 0 Å². The number of halogens is 2.